The number of hydrogen-bond acceptors (Lipinski definition) is 4. The van der Waals surface area contributed by atoms with Crippen LogP contribution in [0.5, 0.6) is 0 Å². The Bertz CT molecular complexity index is 625. The third kappa shape index (κ3) is 4.69. The number of nitriles is 1. The highest BCUT2D eigenvalue weighted by Gasteiger charge is 2.43. The molecule has 0 unspecified atom stereocenters. The van der Waals surface area contributed by atoms with Gasteiger partial charge in [0.2, 0.25) is 0 Å². The molecule has 1 saturated heterocycles. The minimum absolute atomic E-state index is 0.116. The van der Waals surface area contributed by atoms with Crippen LogP contribution in [-0.4, -0.2) is 28.6 Å². The van der Waals surface area contributed by atoms with E-state index in [9.17, 15) is 4.79 Å². The van der Waals surface area contributed by atoms with E-state index in [-0.39, 0.29) is 24.0 Å². The molecule has 128 valence electrons. The predicted octanol–water partition coefficient (Wildman–Crippen LogP) is 3.69. The van der Waals surface area contributed by atoms with E-state index in [0.29, 0.717) is 0 Å². The number of nitrogens with zero attached hydrogens (tertiary/aromatic N) is 2. The first kappa shape index (κ1) is 18.2. The van der Waals surface area contributed by atoms with Crippen LogP contribution >= 0.6 is 0 Å². The monoisotopic (exact) mass is 326 g/mol. The van der Waals surface area contributed by atoms with Gasteiger partial charge >= 0.3 is 5.97 Å². The number of esters is 1. The lowest BCUT2D eigenvalue weighted by Gasteiger charge is -2.29. The lowest BCUT2D eigenvalue weighted by atomic mass is 9.98. The summed E-state index contributed by atoms with van der Waals surface area (Å²) in [5.74, 6) is -0.426. The summed E-state index contributed by atoms with van der Waals surface area (Å²) >= 11 is 0. The molecule has 0 bridgehead atoms. The maximum absolute atomic E-state index is 12.6. The van der Waals surface area contributed by atoms with Crippen molar-refractivity contribution in [3.63, 3.8) is 0 Å². The molecule has 0 spiro atoms. The average Bonchev–Trinajstić information content (AvgIpc) is 2.81. The second-order valence-electron chi connectivity index (χ2n) is 7.36. The largest absolute Gasteiger partial charge is 0.460 e. The molecular formula is C20H26N2O2. The van der Waals surface area contributed by atoms with Crippen LogP contribution in [0.2, 0.25) is 0 Å². The van der Waals surface area contributed by atoms with Crippen LogP contribution in [0.25, 0.3) is 0 Å². The first-order chi connectivity index (χ1) is 11.3. The number of rotatable bonds is 4. The van der Waals surface area contributed by atoms with Gasteiger partial charge in [0, 0.05) is 24.7 Å². The zero-order valence-electron chi connectivity index (χ0n) is 14.9. The number of carbonyl (C=O) groups is 1. The Balaban J connectivity index is 2.22. The smallest absolute Gasteiger partial charge is 0.311 e. The number of ether oxygens (including phenoxy) is 1. The van der Waals surface area contributed by atoms with Gasteiger partial charge in [0.15, 0.2) is 0 Å². The van der Waals surface area contributed by atoms with E-state index in [4.69, 9.17) is 10.00 Å². The molecule has 1 aromatic rings. The van der Waals surface area contributed by atoms with Gasteiger partial charge in [0.05, 0.1) is 12.0 Å². The quantitative estimate of drug-likeness (QED) is 0.625. The number of benzene rings is 1. The van der Waals surface area contributed by atoms with Gasteiger partial charge in [-0.1, -0.05) is 36.4 Å². The Hall–Kier alpha value is -2.12. The molecule has 1 heterocycles. The van der Waals surface area contributed by atoms with E-state index in [0.717, 1.165) is 13.0 Å². The third-order valence-electron chi connectivity index (χ3n) is 4.24. The molecule has 4 nitrogen and oxygen atoms in total. The van der Waals surface area contributed by atoms with Gasteiger partial charge in [-0.25, -0.2) is 0 Å². The summed E-state index contributed by atoms with van der Waals surface area (Å²) in [5.41, 5.74) is 0.695. The minimum atomic E-state index is -0.503. The molecule has 0 saturated carbocycles. The van der Waals surface area contributed by atoms with Gasteiger partial charge in [-0.05, 0) is 39.7 Å². The molecule has 24 heavy (non-hydrogen) atoms. The molecular weight excluding hydrogens is 300 g/mol. The predicted molar refractivity (Wildman–Crippen MR) is 93.9 cm³/mol. The number of carbonyl (C=O) groups excluding carboxylic acids is 1. The summed E-state index contributed by atoms with van der Waals surface area (Å²) in [6.07, 6.45) is 4.04. The lowest BCUT2D eigenvalue weighted by molar-refractivity contribution is -0.160. The van der Waals surface area contributed by atoms with Gasteiger partial charge < -0.3 is 4.74 Å². The fourth-order valence-electron chi connectivity index (χ4n) is 3.22. The van der Waals surface area contributed by atoms with E-state index in [1.165, 1.54) is 11.6 Å². The molecule has 4 heteroatoms. The fraction of sp³-hybridized carbons (Fsp3) is 0.500. The maximum atomic E-state index is 12.6. The van der Waals surface area contributed by atoms with Crippen LogP contribution < -0.4 is 0 Å². The fourth-order valence-corrected chi connectivity index (χ4v) is 3.22. The van der Waals surface area contributed by atoms with Crippen LogP contribution in [0.4, 0.5) is 0 Å². The van der Waals surface area contributed by atoms with E-state index >= 15 is 0 Å². The second kappa shape index (κ2) is 7.63. The summed E-state index contributed by atoms with van der Waals surface area (Å²) in [4.78, 5) is 14.9. The van der Waals surface area contributed by atoms with E-state index in [1.807, 2.05) is 51.1 Å². The molecule has 0 amide bonds. The van der Waals surface area contributed by atoms with Crippen molar-refractivity contribution in [3.05, 3.63) is 48.0 Å². The molecule has 3 atom stereocenters. The molecule has 0 N–H and O–H groups in total. The number of hydrogen-bond donors (Lipinski definition) is 0. The topological polar surface area (TPSA) is 53.3 Å². The van der Waals surface area contributed by atoms with Gasteiger partial charge in [0.1, 0.15) is 5.60 Å². The Morgan fingerprint density at radius 1 is 1.38 bits per heavy atom. The first-order valence-corrected chi connectivity index (χ1v) is 8.40. The summed E-state index contributed by atoms with van der Waals surface area (Å²) in [7, 11) is 0. The third-order valence-corrected chi connectivity index (χ3v) is 4.24. The summed E-state index contributed by atoms with van der Waals surface area (Å²) in [5, 5.41) is 8.91. The highest BCUT2D eigenvalue weighted by Crippen LogP contribution is 2.34. The molecule has 1 aliphatic heterocycles. The van der Waals surface area contributed by atoms with Crippen molar-refractivity contribution in [2.75, 3.05) is 0 Å². The van der Waals surface area contributed by atoms with Crippen LogP contribution in [0.1, 0.15) is 39.7 Å². The van der Waals surface area contributed by atoms with Crippen molar-refractivity contribution in [3.8, 4) is 6.07 Å². The SMILES string of the molecule is C[C@H]1C[C@H](C(=O)OC(C)(C)C)[C@H](/C=C\C#N)N1Cc1ccccc1. The molecule has 1 aliphatic rings. The zero-order valence-corrected chi connectivity index (χ0v) is 14.9. The zero-order chi connectivity index (χ0) is 17.7. The highest BCUT2D eigenvalue weighted by molar-refractivity contribution is 5.74. The van der Waals surface area contributed by atoms with Crippen LogP contribution in [-0.2, 0) is 16.1 Å². The van der Waals surface area contributed by atoms with Gasteiger partial charge in [0.25, 0.3) is 0 Å². The van der Waals surface area contributed by atoms with Crippen molar-refractivity contribution in [1.29, 1.82) is 5.26 Å². The molecule has 2 rings (SSSR count). The highest BCUT2D eigenvalue weighted by atomic mass is 16.6. The molecule has 1 fully saturated rings. The average molecular weight is 326 g/mol. The molecule has 0 radical (unpaired) electrons. The molecule has 0 aliphatic carbocycles. The summed E-state index contributed by atoms with van der Waals surface area (Å²) in [6, 6.07) is 12.4. The van der Waals surface area contributed by atoms with Crippen molar-refractivity contribution in [1.82, 2.24) is 4.90 Å². The number of allylic oxidation sites excluding steroid dienone is 1. The Morgan fingerprint density at radius 2 is 2.04 bits per heavy atom. The minimum Gasteiger partial charge on any atom is -0.460 e. The Labute approximate surface area is 144 Å². The van der Waals surface area contributed by atoms with Crippen LogP contribution in [0.3, 0.4) is 0 Å². The van der Waals surface area contributed by atoms with Crippen molar-refractivity contribution in [2.24, 2.45) is 5.92 Å². The second-order valence-corrected chi connectivity index (χ2v) is 7.36. The van der Waals surface area contributed by atoms with Crippen molar-refractivity contribution in [2.45, 2.75) is 58.3 Å². The van der Waals surface area contributed by atoms with Crippen LogP contribution in [0, 0.1) is 17.2 Å². The van der Waals surface area contributed by atoms with E-state index in [2.05, 4.69) is 24.0 Å². The lowest BCUT2D eigenvalue weighted by Crippen LogP contribution is -2.38. The summed E-state index contributed by atoms with van der Waals surface area (Å²) < 4.78 is 5.60. The maximum Gasteiger partial charge on any atom is 0.311 e. The normalized spacial score (nSPS) is 24.9. The van der Waals surface area contributed by atoms with Crippen molar-refractivity contribution < 1.29 is 9.53 Å². The Kier molecular flexibility index (Phi) is 5.80. The molecule has 0 aromatic heterocycles. The van der Waals surface area contributed by atoms with Crippen molar-refractivity contribution >= 4 is 5.97 Å². The standard InChI is InChI=1S/C20H26N2O2/c1-15-13-17(19(23)24-20(2,3)4)18(11-8-12-21)22(15)14-16-9-6-5-7-10-16/h5-11,15,17-18H,13-14H2,1-4H3/b11-8-/t15-,17-,18-/m0/s1. The van der Waals surface area contributed by atoms with Gasteiger partial charge in [-0.2, -0.15) is 5.26 Å². The summed E-state index contributed by atoms with van der Waals surface area (Å²) in [6.45, 7) is 8.52. The van der Waals surface area contributed by atoms with E-state index < -0.39 is 5.60 Å². The number of likely N-dealkylation sites (tertiary alicyclic amines) is 1. The molecule has 1 aromatic carbocycles. The Morgan fingerprint density at radius 3 is 2.62 bits per heavy atom. The van der Waals surface area contributed by atoms with Crippen LogP contribution in [0.15, 0.2) is 42.5 Å². The van der Waals surface area contributed by atoms with Gasteiger partial charge in [-0.15, -0.1) is 0 Å². The van der Waals surface area contributed by atoms with Gasteiger partial charge in [-0.3, -0.25) is 9.69 Å². The van der Waals surface area contributed by atoms with E-state index in [1.54, 1.807) is 0 Å². The first-order valence-electron chi connectivity index (χ1n) is 8.40.